The van der Waals surface area contributed by atoms with E-state index in [2.05, 4.69) is 78.2 Å². The van der Waals surface area contributed by atoms with E-state index in [1.54, 1.807) is 0 Å². The average molecular weight is 427 g/mol. The zero-order chi connectivity index (χ0) is 22.2. The number of aryl methyl sites for hydroxylation is 2. The van der Waals surface area contributed by atoms with E-state index < -0.39 is 0 Å². The molecule has 0 bridgehead atoms. The Morgan fingerprint density at radius 2 is 1.62 bits per heavy atom. The molecule has 166 valence electrons. The van der Waals surface area contributed by atoms with Gasteiger partial charge < -0.3 is 10.6 Å². The van der Waals surface area contributed by atoms with Crippen LogP contribution in [-0.2, 0) is 11.2 Å². The number of carbonyl (C=O) groups excluding carboxylic acids is 1. The van der Waals surface area contributed by atoms with E-state index >= 15 is 0 Å². The number of benzene rings is 3. The van der Waals surface area contributed by atoms with E-state index in [-0.39, 0.29) is 5.91 Å². The smallest absolute Gasteiger partial charge is 0.224 e. The van der Waals surface area contributed by atoms with E-state index in [9.17, 15) is 4.79 Å². The van der Waals surface area contributed by atoms with Crippen molar-refractivity contribution < 1.29 is 4.79 Å². The number of piperidine rings is 1. The Morgan fingerprint density at radius 1 is 0.906 bits per heavy atom. The Balaban J connectivity index is 1.22. The molecule has 0 radical (unpaired) electrons. The molecule has 3 nitrogen and oxygen atoms in total. The predicted octanol–water partition coefficient (Wildman–Crippen LogP) is 6.48. The van der Waals surface area contributed by atoms with Crippen molar-refractivity contribution in [2.45, 2.75) is 51.4 Å². The first-order valence-electron chi connectivity index (χ1n) is 11.9. The third-order valence-electron chi connectivity index (χ3n) is 6.52. The highest BCUT2D eigenvalue weighted by Crippen LogP contribution is 2.30. The van der Waals surface area contributed by atoms with Crippen LogP contribution in [0.4, 0.5) is 5.69 Å². The van der Waals surface area contributed by atoms with Gasteiger partial charge in [-0.3, -0.25) is 4.79 Å². The number of anilines is 1. The second-order valence-electron chi connectivity index (χ2n) is 8.91. The van der Waals surface area contributed by atoms with Gasteiger partial charge in [0.25, 0.3) is 0 Å². The fourth-order valence-electron chi connectivity index (χ4n) is 4.62. The molecule has 1 aliphatic rings. The van der Waals surface area contributed by atoms with Crippen molar-refractivity contribution in [3.63, 3.8) is 0 Å². The molecule has 0 aromatic heterocycles. The minimum Gasteiger partial charge on any atom is -0.326 e. The van der Waals surface area contributed by atoms with Crippen LogP contribution in [-0.4, -0.2) is 19.0 Å². The average Bonchev–Trinajstić information content (AvgIpc) is 2.84. The van der Waals surface area contributed by atoms with Crippen molar-refractivity contribution >= 4 is 11.6 Å². The Kier molecular flexibility index (Phi) is 7.73. The van der Waals surface area contributed by atoms with E-state index in [0.29, 0.717) is 12.3 Å². The fourth-order valence-corrected chi connectivity index (χ4v) is 4.62. The third kappa shape index (κ3) is 6.08. The molecule has 2 N–H and O–H groups in total. The summed E-state index contributed by atoms with van der Waals surface area (Å²) in [7, 11) is 0. The maximum absolute atomic E-state index is 12.5. The summed E-state index contributed by atoms with van der Waals surface area (Å²) in [5.74, 6) is 0.714. The molecule has 0 spiro atoms. The lowest BCUT2D eigenvalue weighted by Gasteiger charge is -2.25. The van der Waals surface area contributed by atoms with Gasteiger partial charge in [0.05, 0.1) is 0 Å². The first-order valence-corrected chi connectivity index (χ1v) is 11.9. The summed E-state index contributed by atoms with van der Waals surface area (Å²) in [6, 6.07) is 25.6. The normalized spacial score (nSPS) is 14.3. The maximum Gasteiger partial charge on any atom is 0.224 e. The van der Waals surface area contributed by atoms with Crippen LogP contribution in [0.1, 0.15) is 54.7 Å². The van der Waals surface area contributed by atoms with Crippen molar-refractivity contribution in [3.05, 3.63) is 89.5 Å². The molecule has 3 aromatic rings. The summed E-state index contributed by atoms with van der Waals surface area (Å²) in [6.45, 7) is 4.33. The summed E-state index contributed by atoms with van der Waals surface area (Å²) in [6.07, 6.45) is 5.84. The molecule has 1 amide bonds. The van der Waals surface area contributed by atoms with Crippen molar-refractivity contribution in [1.82, 2.24) is 5.32 Å². The van der Waals surface area contributed by atoms with Gasteiger partial charge in [-0.1, -0.05) is 60.7 Å². The lowest BCUT2D eigenvalue weighted by molar-refractivity contribution is -0.116. The number of carbonyl (C=O) groups is 1. The van der Waals surface area contributed by atoms with Crippen molar-refractivity contribution in [3.8, 4) is 11.1 Å². The van der Waals surface area contributed by atoms with Gasteiger partial charge in [-0.2, -0.15) is 0 Å². The van der Waals surface area contributed by atoms with E-state index in [0.717, 1.165) is 38.0 Å². The molecule has 0 saturated carbocycles. The predicted molar refractivity (Wildman–Crippen MR) is 134 cm³/mol. The number of hydrogen-bond donors (Lipinski definition) is 2. The second-order valence-corrected chi connectivity index (χ2v) is 8.91. The van der Waals surface area contributed by atoms with Crippen LogP contribution in [0.25, 0.3) is 11.1 Å². The Bertz CT molecular complexity index is 1010. The molecule has 3 aromatic carbocycles. The summed E-state index contributed by atoms with van der Waals surface area (Å²) >= 11 is 0. The zero-order valence-electron chi connectivity index (χ0n) is 19.1. The molecule has 0 aliphatic carbocycles. The summed E-state index contributed by atoms with van der Waals surface area (Å²) in [5.41, 5.74) is 7.48. The van der Waals surface area contributed by atoms with Crippen LogP contribution >= 0.6 is 0 Å². The van der Waals surface area contributed by atoms with Gasteiger partial charge in [0, 0.05) is 12.1 Å². The molecule has 1 heterocycles. The van der Waals surface area contributed by atoms with Crippen LogP contribution in [0.3, 0.4) is 0 Å². The number of rotatable bonds is 8. The van der Waals surface area contributed by atoms with E-state index in [1.807, 2.05) is 12.1 Å². The highest BCUT2D eigenvalue weighted by molar-refractivity contribution is 5.90. The molecule has 4 rings (SSSR count). The van der Waals surface area contributed by atoms with Crippen LogP contribution in [0.5, 0.6) is 0 Å². The maximum atomic E-state index is 12.5. The monoisotopic (exact) mass is 426 g/mol. The minimum atomic E-state index is 0.115. The summed E-state index contributed by atoms with van der Waals surface area (Å²) < 4.78 is 0. The fraction of sp³-hybridized carbons (Fsp3) is 0.345. The lowest BCUT2D eigenvalue weighted by atomic mass is 9.87. The number of amides is 1. The van der Waals surface area contributed by atoms with Gasteiger partial charge in [-0.25, -0.2) is 0 Å². The summed E-state index contributed by atoms with van der Waals surface area (Å²) in [4.78, 5) is 12.5. The van der Waals surface area contributed by atoms with Crippen molar-refractivity contribution in [2.24, 2.45) is 0 Å². The van der Waals surface area contributed by atoms with Gasteiger partial charge in [0.2, 0.25) is 5.91 Å². The first-order chi connectivity index (χ1) is 15.7. The SMILES string of the molecule is Cc1ccc(NC(=O)CCCCc2ccc(-c3ccccc3)cc2)cc1C1CCNCC1. The summed E-state index contributed by atoms with van der Waals surface area (Å²) in [5, 5.41) is 6.55. The van der Waals surface area contributed by atoms with Crippen LogP contribution in [0.2, 0.25) is 0 Å². The second kappa shape index (κ2) is 11.1. The number of hydrogen-bond acceptors (Lipinski definition) is 2. The Morgan fingerprint density at radius 3 is 2.38 bits per heavy atom. The van der Waals surface area contributed by atoms with Crippen molar-refractivity contribution in [2.75, 3.05) is 18.4 Å². The first kappa shape index (κ1) is 22.3. The molecule has 3 heteroatoms. The number of unbranched alkanes of at least 4 members (excludes halogenated alkanes) is 1. The van der Waals surface area contributed by atoms with Crippen LogP contribution in [0, 0.1) is 6.92 Å². The molecular formula is C29H34N2O. The molecule has 1 fully saturated rings. The molecule has 32 heavy (non-hydrogen) atoms. The molecule has 0 atom stereocenters. The molecule has 0 unspecified atom stereocenters. The quantitative estimate of drug-likeness (QED) is 0.405. The highest BCUT2D eigenvalue weighted by atomic mass is 16.1. The topological polar surface area (TPSA) is 41.1 Å². The Labute approximate surface area is 192 Å². The zero-order valence-corrected chi connectivity index (χ0v) is 19.1. The van der Waals surface area contributed by atoms with E-state index in [4.69, 9.17) is 0 Å². The highest BCUT2D eigenvalue weighted by Gasteiger charge is 2.17. The Hall–Kier alpha value is -2.91. The van der Waals surface area contributed by atoms with Gasteiger partial charge in [0.15, 0.2) is 0 Å². The van der Waals surface area contributed by atoms with Crippen molar-refractivity contribution in [1.29, 1.82) is 0 Å². The van der Waals surface area contributed by atoms with E-state index in [1.165, 1.54) is 40.7 Å². The van der Waals surface area contributed by atoms with Crippen LogP contribution in [0.15, 0.2) is 72.8 Å². The van der Waals surface area contributed by atoms with Crippen LogP contribution < -0.4 is 10.6 Å². The van der Waals surface area contributed by atoms with Gasteiger partial charge in [0.1, 0.15) is 0 Å². The van der Waals surface area contributed by atoms with Gasteiger partial charge >= 0.3 is 0 Å². The standard InChI is InChI=1S/C29H34N2O/c1-22-11-16-27(21-28(22)26-17-19-30-20-18-26)31-29(32)10-6-5-7-23-12-14-25(15-13-23)24-8-3-2-4-9-24/h2-4,8-9,11-16,21,26,30H,5-7,10,17-20H2,1H3,(H,31,32). The molecular weight excluding hydrogens is 392 g/mol. The minimum absolute atomic E-state index is 0.115. The lowest BCUT2D eigenvalue weighted by Crippen LogP contribution is -2.27. The van der Waals surface area contributed by atoms with Gasteiger partial charge in [-0.05, 0) is 98.0 Å². The molecule has 1 saturated heterocycles. The molecule has 1 aliphatic heterocycles. The number of nitrogens with one attached hydrogen (secondary N) is 2. The third-order valence-corrected chi connectivity index (χ3v) is 6.52. The largest absolute Gasteiger partial charge is 0.326 e. The van der Waals surface area contributed by atoms with Gasteiger partial charge in [-0.15, -0.1) is 0 Å².